The Morgan fingerprint density at radius 2 is 1.71 bits per heavy atom. The molecule has 1 aromatic heterocycles. The molecule has 0 amide bonds. The highest BCUT2D eigenvalue weighted by molar-refractivity contribution is 5.66. The molecule has 1 aromatic rings. The number of carbonyl (C=O) groups is 1. The Hall–Kier alpha value is -1.25. The number of aryl methyl sites for hydroxylation is 3. The summed E-state index contributed by atoms with van der Waals surface area (Å²) in [6.45, 7) is 4.34. The van der Waals surface area contributed by atoms with Gasteiger partial charge in [-0.2, -0.15) is 0 Å². The molecule has 0 bridgehead atoms. The second-order valence-corrected chi connectivity index (χ2v) is 5.94. The molecule has 3 heteroatoms. The first kappa shape index (κ1) is 17.8. The summed E-state index contributed by atoms with van der Waals surface area (Å²) in [5.41, 5.74) is 1.29. The van der Waals surface area contributed by atoms with Crippen LogP contribution in [-0.2, 0) is 17.6 Å². The van der Waals surface area contributed by atoms with Crippen molar-refractivity contribution in [1.29, 1.82) is 0 Å². The van der Waals surface area contributed by atoms with Gasteiger partial charge in [-0.1, -0.05) is 39.0 Å². The Bertz CT molecular complexity index is 407. The highest BCUT2D eigenvalue weighted by Gasteiger charge is 2.07. The Morgan fingerprint density at radius 1 is 1.05 bits per heavy atom. The third-order valence-corrected chi connectivity index (χ3v) is 3.89. The summed E-state index contributed by atoms with van der Waals surface area (Å²) >= 11 is 0. The Kier molecular flexibility index (Phi) is 8.88. The second-order valence-electron chi connectivity index (χ2n) is 5.94. The van der Waals surface area contributed by atoms with E-state index in [-0.39, 0.29) is 0 Å². The highest BCUT2D eigenvalue weighted by atomic mass is 16.4. The van der Waals surface area contributed by atoms with Gasteiger partial charge in [-0.25, -0.2) is 0 Å². The van der Waals surface area contributed by atoms with Gasteiger partial charge in [0.2, 0.25) is 0 Å². The van der Waals surface area contributed by atoms with Crippen molar-refractivity contribution in [3.8, 4) is 0 Å². The fourth-order valence-corrected chi connectivity index (χ4v) is 2.58. The van der Waals surface area contributed by atoms with Gasteiger partial charge in [-0.15, -0.1) is 0 Å². The van der Waals surface area contributed by atoms with Crippen molar-refractivity contribution >= 4 is 5.97 Å². The molecule has 3 nitrogen and oxygen atoms in total. The molecule has 0 unspecified atom stereocenters. The maximum atomic E-state index is 10.4. The lowest BCUT2D eigenvalue weighted by Gasteiger charge is -2.01. The van der Waals surface area contributed by atoms with Crippen molar-refractivity contribution < 1.29 is 14.3 Å². The molecular formula is C18H30O3. The third kappa shape index (κ3) is 7.93. The predicted molar refractivity (Wildman–Crippen MR) is 85.7 cm³/mol. The van der Waals surface area contributed by atoms with Crippen LogP contribution in [0.1, 0.15) is 81.8 Å². The van der Waals surface area contributed by atoms with Crippen LogP contribution in [-0.4, -0.2) is 11.1 Å². The van der Waals surface area contributed by atoms with Gasteiger partial charge >= 0.3 is 5.97 Å². The van der Waals surface area contributed by atoms with E-state index >= 15 is 0 Å². The maximum Gasteiger partial charge on any atom is 0.303 e. The van der Waals surface area contributed by atoms with Gasteiger partial charge in [0.1, 0.15) is 11.5 Å². The smallest absolute Gasteiger partial charge is 0.303 e. The molecule has 0 aliphatic rings. The van der Waals surface area contributed by atoms with Crippen molar-refractivity contribution in [2.75, 3.05) is 0 Å². The van der Waals surface area contributed by atoms with E-state index in [1.54, 1.807) is 0 Å². The summed E-state index contributed by atoms with van der Waals surface area (Å²) in [7, 11) is 0. The number of furan rings is 1. The van der Waals surface area contributed by atoms with Crippen molar-refractivity contribution in [3.63, 3.8) is 0 Å². The molecule has 1 rings (SSSR count). The topological polar surface area (TPSA) is 50.4 Å². The summed E-state index contributed by atoms with van der Waals surface area (Å²) in [5.74, 6) is 1.62. The van der Waals surface area contributed by atoms with Crippen LogP contribution in [0.25, 0.3) is 0 Å². The predicted octanol–water partition coefficient (Wildman–Crippen LogP) is 5.29. The standard InChI is InChI=1S/C18H30O3/c1-3-4-11-16-14-15(2)17(21-16)12-9-7-5-6-8-10-13-18(19)20/h14H,3-13H2,1-2H3,(H,19,20). The molecule has 0 aliphatic heterocycles. The van der Waals surface area contributed by atoms with Gasteiger partial charge in [-0.3, -0.25) is 4.79 Å². The minimum absolute atomic E-state index is 0.312. The second kappa shape index (κ2) is 10.5. The monoisotopic (exact) mass is 294 g/mol. The van der Waals surface area contributed by atoms with Crippen LogP contribution in [0.5, 0.6) is 0 Å². The van der Waals surface area contributed by atoms with E-state index in [0.29, 0.717) is 6.42 Å². The van der Waals surface area contributed by atoms with Gasteiger partial charge in [-0.05, 0) is 37.8 Å². The van der Waals surface area contributed by atoms with Crippen LogP contribution >= 0.6 is 0 Å². The fraction of sp³-hybridized carbons (Fsp3) is 0.722. The van der Waals surface area contributed by atoms with Crippen molar-refractivity contribution in [2.45, 2.75) is 84.5 Å². The Balaban J connectivity index is 2.09. The first-order chi connectivity index (χ1) is 10.1. The first-order valence-electron chi connectivity index (χ1n) is 8.43. The van der Waals surface area contributed by atoms with E-state index in [0.717, 1.165) is 43.6 Å². The average molecular weight is 294 g/mol. The molecule has 1 heterocycles. The SMILES string of the molecule is CCCCc1cc(C)c(CCCCCCCCC(=O)O)o1. The maximum absolute atomic E-state index is 10.4. The molecule has 0 fully saturated rings. The van der Waals surface area contributed by atoms with Gasteiger partial charge in [0.05, 0.1) is 0 Å². The lowest BCUT2D eigenvalue weighted by molar-refractivity contribution is -0.137. The van der Waals surface area contributed by atoms with E-state index in [4.69, 9.17) is 9.52 Å². The van der Waals surface area contributed by atoms with E-state index in [1.807, 2.05) is 0 Å². The zero-order chi connectivity index (χ0) is 15.5. The largest absolute Gasteiger partial charge is 0.481 e. The number of carboxylic acids is 1. The Morgan fingerprint density at radius 3 is 2.38 bits per heavy atom. The third-order valence-electron chi connectivity index (χ3n) is 3.89. The number of hydrogen-bond donors (Lipinski definition) is 1. The summed E-state index contributed by atoms with van der Waals surface area (Å²) in [6, 6.07) is 2.19. The van der Waals surface area contributed by atoms with E-state index in [9.17, 15) is 4.79 Å². The fourth-order valence-electron chi connectivity index (χ4n) is 2.58. The summed E-state index contributed by atoms with van der Waals surface area (Å²) in [5, 5.41) is 8.55. The first-order valence-corrected chi connectivity index (χ1v) is 8.43. The average Bonchev–Trinajstić information content (AvgIpc) is 2.79. The molecule has 21 heavy (non-hydrogen) atoms. The highest BCUT2D eigenvalue weighted by Crippen LogP contribution is 2.19. The molecule has 0 aliphatic carbocycles. The zero-order valence-electron chi connectivity index (χ0n) is 13.6. The molecule has 0 saturated heterocycles. The number of aliphatic carboxylic acids is 1. The lowest BCUT2D eigenvalue weighted by atomic mass is 10.1. The molecule has 1 N–H and O–H groups in total. The van der Waals surface area contributed by atoms with E-state index in [2.05, 4.69) is 19.9 Å². The van der Waals surface area contributed by atoms with Gasteiger partial charge in [0, 0.05) is 19.3 Å². The summed E-state index contributed by atoms with van der Waals surface area (Å²) in [4.78, 5) is 10.4. The number of hydrogen-bond acceptors (Lipinski definition) is 2. The van der Waals surface area contributed by atoms with Crippen LogP contribution in [0.2, 0.25) is 0 Å². The van der Waals surface area contributed by atoms with Crippen molar-refractivity contribution in [2.24, 2.45) is 0 Å². The molecule has 120 valence electrons. The molecule has 0 spiro atoms. The van der Waals surface area contributed by atoms with Gasteiger partial charge in [0.15, 0.2) is 0 Å². The van der Waals surface area contributed by atoms with E-state index in [1.165, 1.54) is 37.7 Å². The van der Waals surface area contributed by atoms with Crippen LogP contribution in [0.15, 0.2) is 10.5 Å². The summed E-state index contributed by atoms with van der Waals surface area (Å²) < 4.78 is 5.92. The quantitative estimate of drug-likeness (QED) is 0.533. The summed E-state index contributed by atoms with van der Waals surface area (Å²) in [6.07, 6.45) is 11.4. The van der Waals surface area contributed by atoms with Gasteiger partial charge < -0.3 is 9.52 Å². The molecular weight excluding hydrogens is 264 g/mol. The number of unbranched alkanes of at least 4 members (excludes halogenated alkanes) is 6. The van der Waals surface area contributed by atoms with Crippen LogP contribution in [0.3, 0.4) is 0 Å². The minimum Gasteiger partial charge on any atom is -0.481 e. The minimum atomic E-state index is -0.679. The Labute approximate surface area is 128 Å². The molecule has 0 aromatic carbocycles. The lowest BCUT2D eigenvalue weighted by Crippen LogP contribution is -1.93. The van der Waals surface area contributed by atoms with Crippen LogP contribution in [0, 0.1) is 6.92 Å². The van der Waals surface area contributed by atoms with Gasteiger partial charge in [0.25, 0.3) is 0 Å². The molecule has 0 atom stereocenters. The van der Waals surface area contributed by atoms with Crippen LogP contribution in [0.4, 0.5) is 0 Å². The zero-order valence-corrected chi connectivity index (χ0v) is 13.6. The van der Waals surface area contributed by atoms with Crippen LogP contribution < -0.4 is 0 Å². The molecule has 0 saturated carbocycles. The number of carboxylic acid groups (broad SMARTS) is 1. The van der Waals surface area contributed by atoms with Crippen molar-refractivity contribution in [1.82, 2.24) is 0 Å². The van der Waals surface area contributed by atoms with Crippen molar-refractivity contribution in [3.05, 3.63) is 23.2 Å². The molecule has 0 radical (unpaired) electrons. The number of rotatable bonds is 12. The van der Waals surface area contributed by atoms with E-state index < -0.39 is 5.97 Å². The normalized spacial score (nSPS) is 11.0.